The van der Waals surface area contributed by atoms with E-state index in [0.717, 1.165) is 5.56 Å². The zero-order valence-electron chi connectivity index (χ0n) is 19.0. The number of nitro groups is 1. The van der Waals surface area contributed by atoms with Crippen LogP contribution in [0.2, 0.25) is 0 Å². The number of nitro benzene ring substituents is 1. The summed E-state index contributed by atoms with van der Waals surface area (Å²) in [5, 5.41) is 11.5. The van der Waals surface area contributed by atoms with Crippen LogP contribution in [0.3, 0.4) is 0 Å². The molecule has 4 rings (SSSR count). The summed E-state index contributed by atoms with van der Waals surface area (Å²) in [5.41, 5.74) is 2.48. The van der Waals surface area contributed by atoms with E-state index in [2.05, 4.69) is 0 Å². The van der Waals surface area contributed by atoms with Crippen LogP contribution < -0.4 is 13.8 Å². The highest BCUT2D eigenvalue weighted by Gasteiger charge is 2.30. The molecule has 0 saturated carbocycles. The predicted molar refractivity (Wildman–Crippen MR) is 126 cm³/mol. The lowest BCUT2D eigenvalue weighted by Gasteiger charge is -2.28. The lowest BCUT2D eigenvalue weighted by Crippen LogP contribution is -2.31. The summed E-state index contributed by atoms with van der Waals surface area (Å²) >= 11 is 0. The number of anilines is 1. The fourth-order valence-electron chi connectivity index (χ4n) is 3.83. The number of hydrogen-bond acceptors (Lipinski definition) is 7. The molecule has 0 bridgehead atoms. The minimum Gasteiger partial charge on any atom is -0.497 e. The van der Waals surface area contributed by atoms with Gasteiger partial charge in [-0.3, -0.25) is 14.4 Å². The monoisotopic (exact) mass is 484 g/mol. The van der Waals surface area contributed by atoms with Crippen LogP contribution >= 0.6 is 0 Å². The summed E-state index contributed by atoms with van der Waals surface area (Å²) < 4.78 is 45.2. The third-order valence-electron chi connectivity index (χ3n) is 5.57. The molecule has 0 unspecified atom stereocenters. The average Bonchev–Trinajstić information content (AvgIpc) is 2.83. The first-order valence-electron chi connectivity index (χ1n) is 10.5. The third-order valence-corrected chi connectivity index (χ3v) is 7.48. The van der Waals surface area contributed by atoms with Crippen molar-refractivity contribution in [2.75, 3.05) is 18.2 Å². The van der Waals surface area contributed by atoms with Gasteiger partial charge in [0.25, 0.3) is 15.7 Å². The summed E-state index contributed by atoms with van der Waals surface area (Å²) in [4.78, 5) is 11.2. The van der Waals surface area contributed by atoms with E-state index in [1.165, 1.54) is 23.5 Å². The van der Waals surface area contributed by atoms with Crippen molar-refractivity contribution in [1.29, 1.82) is 0 Å². The molecular weight excluding hydrogens is 460 g/mol. The predicted octanol–water partition coefficient (Wildman–Crippen LogP) is 4.48. The van der Waals surface area contributed by atoms with E-state index < -0.39 is 14.9 Å². The van der Waals surface area contributed by atoms with E-state index in [-0.39, 0.29) is 30.5 Å². The van der Waals surface area contributed by atoms with Gasteiger partial charge in [-0.2, -0.15) is 0 Å². The van der Waals surface area contributed by atoms with E-state index in [9.17, 15) is 18.5 Å². The number of aryl methyl sites for hydroxylation is 2. The molecule has 0 fully saturated rings. The number of sulfonamides is 1. The van der Waals surface area contributed by atoms with Crippen molar-refractivity contribution in [2.24, 2.45) is 0 Å². The van der Waals surface area contributed by atoms with Gasteiger partial charge in [-0.15, -0.1) is 0 Å². The van der Waals surface area contributed by atoms with Gasteiger partial charge in [0.15, 0.2) is 6.79 Å². The largest absolute Gasteiger partial charge is 0.497 e. The van der Waals surface area contributed by atoms with E-state index in [1.807, 2.05) is 13.0 Å². The Morgan fingerprint density at radius 3 is 2.50 bits per heavy atom. The van der Waals surface area contributed by atoms with Crippen molar-refractivity contribution < 1.29 is 27.6 Å². The smallest absolute Gasteiger partial charge is 0.270 e. The van der Waals surface area contributed by atoms with Crippen molar-refractivity contribution >= 4 is 21.4 Å². The molecule has 178 valence electrons. The molecule has 0 amide bonds. The SMILES string of the molecule is COc1ccc(N(Cc2cc([N+](=O)[O-])cc3c2OCOC3)S(=O)(=O)c2cc(C)ccc2C)cc1. The topological polar surface area (TPSA) is 108 Å². The molecule has 34 heavy (non-hydrogen) atoms. The van der Waals surface area contributed by atoms with Crippen LogP contribution in [0.5, 0.6) is 11.5 Å². The molecule has 1 aliphatic rings. The molecule has 0 spiro atoms. The minimum atomic E-state index is -4.05. The van der Waals surface area contributed by atoms with Gasteiger partial charge in [0.05, 0.1) is 35.8 Å². The van der Waals surface area contributed by atoms with Gasteiger partial charge in [-0.05, 0) is 55.3 Å². The maximum atomic E-state index is 13.9. The number of hydrogen-bond donors (Lipinski definition) is 0. The van der Waals surface area contributed by atoms with Crippen LogP contribution in [0.1, 0.15) is 22.3 Å². The van der Waals surface area contributed by atoms with Crippen LogP contribution in [0.25, 0.3) is 0 Å². The normalized spacial score (nSPS) is 13.0. The quantitative estimate of drug-likeness (QED) is 0.359. The van der Waals surface area contributed by atoms with Crippen molar-refractivity contribution in [2.45, 2.75) is 31.9 Å². The zero-order valence-corrected chi connectivity index (χ0v) is 19.8. The van der Waals surface area contributed by atoms with Gasteiger partial charge in [0.1, 0.15) is 11.5 Å². The molecule has 3 aromatic carbocycles. The number of benzene rings is 3. The molecule has 0 aromatic heterocycles. The summed E-state index contributed by atoms with van der Waals surface area (Å²) in [6.45, 7) is 3.49. The molecule has 0 aliphatic carbocycles. The highest BCUT2D eigenvalue weighted by Crippen LogP contribution is 2.36. The van der Waals surface area contributed by atoms with E-state index in [4.69, 9.17) is 14.2 Å². The first kappa shape index (κ1) is 23.5. The first-order chi connectivity index (χ1) is 16.2. The Morgan fingerprint density at radius 1 is 1.09 bits per heavy atom. The van der Waals surface area contributed by atoms with E-state index in [0.29, 0.717) is 33.9 Å². The van der Waals surface area contributed by atoms with Crippen LogP contribution in [-0.4, -0.2) is 27.2 Å². The van der Waals surface area contributed by atoms with Gasteiger partial charge in [0, 0.05) is 23.3 Å². The van der Waals surface area contributed by atoms with Gasteiger partial charge >= 0.3 is 0 Å². The number of non-ortho nitro benzene ring substituents is 1. The molecule has 9 nitrogen and oxygen atoms in total. The summed E-state index contributed by atoms with van der Waals surface area (Å²) in [5.74, 6) is 0.965. The van der Waals surface area contributed by atoms with Gasteiger partial charge in [-0.1, -0.05) is 12.1 Å². The molecule has 1 heterocycles. The van der Waals surface area contributed by atoms with Gasteiger partial charge < -0.3 is 14.2 Å². The second-order valence-electron chi connectivity index (χ2n) is 7.94. The van der Waals surface area contributed by atoms with Crippen LogP contribution in [0.15, 0.2) is 59.5 Å². The van der Waals surface area contributed by atoms with Crippen molar-refractivity contribution in [1.82, 2.24) is 0 Å². The van der Waals surface area contributed by atoms with Crippen molar-refractivity contribution in [3.05, 3.63) is 87.0 Å². The molecule has 0 N–H and O–H groups in total. The molecule has 0 atom stereocenters. The van der Waals surface area contributed by atoms with Gasteiger partial charge in [0.2, 0.25) is 0 Å². The Balaban J connectivity index is 1.88. The lowest BCUT2D eigenvalue weighted by molar-refractivity contribution is -0.385. The van der Waals surface area contributed by atoms with Crippen LogP contribution in [-0.2, 0) is 27.9 Å². The minimum absolute atomic E-state index is 0.0237. The Hall–Kier alpha value is -3.63. The number of ether oxygens (including phenoxy) is 3. The number of methoxy groups -OCH3 is 1. The number of rotatable bonds is 7. The third kappa shape index (κ3) is 4.55. The van der Waals surface area contributed by atoms with Crippen molar-refractivity contribution in [3.8, 4) is 11.5 Å². The highest BCUT2D eigenvalue weighted by molar-refractivity contribution is 7.92. The fraction of sp³-hybridized carbons (Fsp3) is 0.250. The van der Waals surface area contributed by atoms with Crippen molar-refractivity contribution in [3.63, 3.8) is 0 Å². The molecular formula is C24H24N2O7S. The Morgan fingerprint density at radius 2 is 1.82 bits per heavy atom. The van der Waals surface area contributed by atoms with Gasteiger partial charge in [-0.25, -0.2) is 8.42 Å². The Labute approximate surface area is 197 Å². The second kappa shape index (κ2) is 9.32. The first-order valence-corrected chi connectivity index (χ1v) is 11.9. The van der Waals surface area contributed by atoms with Crippen LogP contribution in [0.4, 0.5) is 11.4 Å². The molecule has 0 radical (unpaired) electrons. The molecule has 0 saturated heterocycles. The Kier molecular flexibility index (Phi) is 6.45. The van der Waals surface area contributed by atoms with Crippen LogP contribution in [0, 0.1) is 24.0 Å². The fourth-order valence-corrected chi connectivity index (χ4v) is 5.58. The standard InChI is InChI=1S/C24H24N2O7S/c1-16-4-5-17(2)23(10-16)34(29,30)25(20-6-8-22(31-3)9-7-20)13-18-11-21(26(27)28)12-19-14-32-15-33-24(18)19/h4-12H,13-15H2,1-3H3. The molecule has 1 aliphatic heterocycles. The second-order valence-corrected chi connectivity index (χ2v) is 9.77. The Bertz CT molecular complexity index is 1340. The average molecular weight is 485 g/mol. The maximum Gasteiger partial charge on any atom is 0.270 e. The van der Waals surface area contributed by atoms with E-state index in [1.54, 1.807) is 43.3 Å². The lowest BCUT2D eigenvalue weighted by atomic mass is 10.1. The number of fused-ring (bicyclic) bond motifs is 1. The summed E-state index contributed by atoms with van der Waals surface area (Å²) in [6.07, 6.45) is 0. The molecule has 10 heteroatoms. The molecule has 3 aromatic rings. The summed E-state index contributed by atoms with van der Waals surface area (Å²) in [6, 6.07) is 14.5. The zero-order chi connectivity index (χ0) is 24.5. The van der Waals surface area contributed by atoms with E-state index >= 15 is 0 Å². The highest BCUT2D eigenvalue weighted by atomic mass is 32.2. The number of nitrogens with zero attached hydrogens (tertiary/aromatic N) is 2. The maximum absolute atomic E-state index is 13.9. The summed E-state index contributed by atoms with van der Waals surface area (Å²) in [7, 11) is -2.53.